The average Bonchev–Trinajstić information content (AvgIpc) is 2.46. The van der Waals surface area contributed by atoms with Crippen molar-refractivity contribution < 1.29 is 4.39 Å². The van der Waals surface area contributed by atoms with Crippen molar-refractivity contribution in [2.24, 2.45) is 0 Å². The number of hydrogen-bond acceptors (Lipinski definition) is 2. The zero-order chi connectivity index (χ0) is 15.9. The van der Waals surface area contributed by atoms with Crippen LogP contribution in [0.1, 0.15) is 26.6 Å². The summed E-state index contributed by atoms with van der Waals surface area (Å²) < 4.78 is 14.2. The maximum atomic E-state index is 14.2. The van der Waals surface area contributed by atoms with Gasteiger partial charge < -0.3 is 0 Å². The second kappa shape index (κ2) is 5.33. The predicted molar refractivity (Wildman–Crippen MR) is 88.6 cm³/mol. The summed E-state index contributed by atoms with van der Waals surface area (Å²) >= 11 is 6.10. The van der Waals surface area contributed by atoms with Gasteiger partial charge in [0.1, 0.15) is 11.6 Å². The van der Waals surface area contributed by atoms with Crippen molar-refractivity contribution in [3.63, 3.8) is 0 Å². The van der Waals surface area contributed by atoms with E-state index in [9.17, 15) is 4.39 Å². The highest BCUT2D eigenvalue weighted by atomic mass is 35.5. The van der Waals surface area contributed by atoms with Gasteiger partial charge in [0.05, 0.1) is 11.2 Å². The molecular formula is C18H16ClFN2. The molecule has 0 aliphatic heterocycles. The largest absolute Gasteiger partial charge is 0.232 e. The maximum absolute atomic E-state index is 14.2. The second-order valence-electron chi connectivity index (χ2n) is 6.29. The van der Waals surface area contributed by atoms with Gasteiger partial charge in [-0.05, 0) is 30.3 Å². The smallest absolute Gasteiger partial charge is 0.135 e. The van der Waals surface area contributed by atoms with Crippen LogP contribution in [-0.2, 0) is 5.41 Å². The fraction of sp³-hybridized carbons (Fsp3) is 0.222. The van der Waals surface area contributed by atoms with Crippen LogP contribution in [0.2, 0.25) is 5.02 Å². The summed E-state index contributed by atoms with van der Waals surface area (Å²) in [5.74, 6) is 0.378. The molecule has 4 heteroatoms. The molecule has 0 radical (unpaired) electrons. The van der Waals surface area contributed by atoms with Gasteiger partial charge >= 0.3 is 0 Å². The molecule has 0 amide bonds. The SMILES string of the molecule is CC(C)(C)c1nc(-c2ccccc2F)c2cc(Cl)ccc2n1. The fourth-order valence-electron chi connectivity index (χ4n) is 2.29. The summed E-state index contributed by atoms with van der Waals surface area (Å²) in [6, 6.07) is 12.0. The molecule has 0 saturated carbocycles. The van der Waals surface area contributed by atoms with Gasteiger partial charge in [0.25, 0.3) is 0 Å². The van der Waals surface area contributed by atoms with Gasteiger partial charge in [0.15, 0.2) is 0 Å². The Morgan fingerprint density at radius 3 is 2.41 bits per heavy atom. The van der Waals surface area contributed by atoms with Gasteiger partial charge in [0.2, 0.25) is 0 Å². The molecule has 0 aliphatic rings. The third-order valence-electron chi connectivity index (χ3n) is 3.46. The molecule has 2 nitrogen and oxygen atoms in total. The highest BCUT2D eigenvalue weighted by Crippen LogP contribution is 2.32. The first kappa shape index (κ1) is 14.9. The lowest BCUT2D eigenvalue weighted by molar-refractivity contribution is 0.548. The van der Waals surface area contributed by atoms with Crippen LogP contribution in [0.15, 0.2) is 42.5 Å². The first-order chi connectivity index (χ1) is 10.4. The monoisotopic (exact) mass is 314 g/mol. The minimum Gasteiger partial charge on any atom is -0.232 e. The van der Waals surface area contributed by atoms with E-state index in [2.05, 4.69) is 9.97 Å². The Kier molecular flexibility index (Phi) is 3.61. The van der Waals surface area contributed by atoms with Crippen molar-refractivity contribution in [3.05, 3.63) is 59.1 Å². The van der Waals surface area contributed by atoms with Crippen molar-refractivity contribution >= 4 is 22.5 Å². The normalized spacial score (nSPS) is 11.9. The summed E-state index contributed by atoms with van der Waals surface area (Å²) in [4.78, 5) is 9.25. The van der Waals surface area contributed by atoms with Gasteiger partial charge in [-0.25, -0.2) is 14.4 Å². The Labute approximate surface area is 134 Å². The first-order valence-corrected chi connectivity index (χ1v) is 7.47. The molecule has 0 spiro atoms. The summed E-state index contributed by atoms with van der Waals surface area (Å²) in [5.41, 5.74) is 1.58. The Balaban J connectivity index is 2.40. The Morgan fingerprint density at radius 2 is 1.73 bits per heavy atom. The number of rotatable bonds is 1. The van der Waals surface area contributed by atoms with E-state index >= 15 is 0 Å². The highest BCUT2D eigenvalue weighted by Gasteiger charge is 2.21. The van der Waals surface area contributed by atoms with E-state index in [1.54, 1.807) is 30.3 Å². The molecule has 0 aliphatic carbocycles. The van der Waals surface area contributed by atoms with Crippen molar-refractivity contribution in [1.29, 1.82) is 0 Å². The van der Waals surface area contributed by atoms with Gasteiger partial charge in [-0.15, -0.1) is 0 Å². The number of benzene rings is 2. The van der Waals surface area contributed by atoms with E-state index in [4.69, 9.17) is 11.6 Å². The summed E-state index contributed by atoms with van der Waals surface area (Å²) in [6.07, 6.45) is 0. The summed E-state index contributed by atoms with van der Waals surface area (Å²) in [7, 11) is 0. The molecule has 1 heterocycles. The standard InChI is InChI=1S/C18H16ClFN2/c1-18(2,3)17-21-15-9-8-11(19)10-13(15)16(22-17)12-6-4-5-7-14(12)20/h4-10H,1-3H3. The van der Waals surface area contributed by atoms with E-state index in [-0.39, 0.29) is 11.2 Å². The number of fused-ring (bicyclic) bond motifs is 1. The highest BCUT2D eigenvalue weighted by molar-refractivity contribution is 6.31. The minimum atomic E-state index is -0.303. The summed E-state index contributed by atoms with van der Waals surface area (Å²) in [5, 5.41) is 1.34. The number of hydrogen-bond donors (Lipinski definition) is 0. The van der Waals surface area contributed by atoms with Crippen LogP contribution in [-0.4, -0.2) is 9.97 Å². The molecular weight excluding hydrogens is 299 g/mol. The Morgan fingerprint density at radius 1 is 1.00 bits per heavy atom. The molecule has 22 heavy (non-hydrogen) atoms. The molecule has 0 unspecified atom stereocenters. The van der Waals surface area contributed by atoms with Crippen LogP contribution < -0.4 is 0 Å². The molecule has 1 aromatic heterocycles. The molecule has 0 saturated heterocycles. The van der Waals surface area contributed by atoms with E-state index in [1.807, 2.05) is 26.8 Å². The lowest BCUT2D eigenvalue weighted by atomic mass is 9.94. The molecule has 0 bridgehead atoms. The van der Waals surface area contributed by atoms with Crippen molar-refractivity contribution in [1.82, 2.24) is 9.97 Å². The van der Waals surface area contributed by atoms with Crippen LogP contribution in [0.4, 0.5) is 4.39 Å². The molecule has 0 atom stereocenters. The third kappa shape index (κ3) is 2.69. The van der Waals surface area contributed by atoms with Crippen molar-refractivity contribution in [3.8, 4) is 11.3 Å². The van der Waals surface area contributed by atoms with E-state index in [1.165, 1.54) is 6.07 Å². The van der Waals surface area contributed by atoms with Crippen molar-refractivity contribution in [2.45, 2.75) is 26.2 Å². The molecule has 3 aromatic rings. The summed E-state index contributed by atoms with van der Waals surface area (Å²) in [6.45, 7) is 6.11. The Bertz CT molecular complexity index is 853. The average molecular weight is 315 g/mol. The van der Waals surface area contributed by atoms with E-state index in [0.29, 0.717) is 22.1 Å². The van der Waals surface area contributed by atoms with Crippen LogP contribution in [0.3, 0.4) is 0 Å². The van der Waals surface area contributed by atoms with Crippen LogP contribution in [0.5, 0.6) is 0 Å². The van der Waals surface area contributed by atoms with Crippen LogP contribution >= 0.6 is 11.6 Å². The Hall–Kier alpha value is -2.00. The van der Waals surface area contributed by atoms with E-state index in [0.717, 1.165) is 10.9 Å². The molecule has 2 aromatic carbocycles. The second-order valence-corrected chi connectivity index (χ2v) is 6.72. The third-order valence-corrected chi connectivity index (χ3v) is 3.69. The number of aromatic nitrogens is 2. The topological polar surface area (TPSA) is 25.8 Å². The van der Waals surface area contributed by atoms with E-state index < -0.39 is 0 Å². The molecule has 112 valence electrons. The first-order valence-electron chi connectivity index (χ1n) is 7.09. The quantitative estimate of drug-likeness (QED) is 0.602. The van der Waals surface area contributed by atoms with Crippen molar-refractivity contribution in [2.75, 3.05) is 0 Å². The van der Waals surface area contributed by atoms with Crippen LogP contribution in [0, 0.1) is 5.82 Å². The van der Waals surface area contributed by atoms with Gasteiger partial charge in [-0.1, -0.05) is 44.5 Å². The minimum absolute atomic E-state index is 0.228. The molecule has 0 fully saturated rings. The molecule has 3 rings (SSSR count). The lowest BCUT2D eigenvalue weighted by Crippen LogP contribution is -2.16. The number of halogens is 2. The maximum Gasteiger partial charge on any atom is 0.135 e. The lowest BCUT2D eigenvalue weighted by Gasteiger charge is -2.19. The fourth-order valence-corrected chi connectivity index (χ4v) is 2.47. The number of nitrogens with zero attached hydrogens (tertiary/aromatic N) is 2. The zero-order valence-electron chi connectivity index (χ0n) is 12.7. The molecule has 0 N–H and O–H groups in total. The zero-order valence-corrected chi connectivity index (χ0v) is 13.4. The predicted octanol–water partition coefficient (Wildman–Crippen LogP) is 5.39. The van der Waals surface area contributed by atoms with Gasteiger partial charge in [0, 0.05) is 21.4 Å². The van der Waals surface area contributed by atoms with Gasteiger partial charge in [-0.3, -0.25) is 0 Å². The van der Waals surface area contributed by atoms with Crippen LogP contribution in [0.25, 0.3) is 22.2 Å². The van der Waals surface area contributed by atoms with Gasteiger partial charge in [-0.2, -0.15) is 0 Å².